The van der Waals surface area contributed by atoms with Crippen LogP contribution in [0.2, 0.25) is 0 Å². The van der Waals surface area contributed by atoms with Crippen molar-refractivity contribution in [3.63, 3.8) is 0 Å². The molecule has 98 valence electrons. The van der Waals surface area contributed by atoms with Crippen molar-refractivity contribution in [1.29, 1.82) is 0 Å². The van der Waals surface area contributed by atoms with Crippen molar-refractivity contribution in [3.05, 3.63) is 59.4 Å². The maximum absolute atomic E-state index is 9.52. The summed E-state index contributed by atoms with van der Waals surface area (Å²) in [5.74, 6) is 0.363. The standard InChI is InChI=1S/C16H18N2O/c1-11(12-6-8-17-9-7-12)18-16-5-2-13-10-14(19)3-4-15(13)16/h3-4,6-11,16,18-19H,2,5H2,1H3/t11-,16?/m0/s1. The van der Waals surface area contributed by atoms with Gasteiger partial charge in [0.05, 0.1) is 0 Å². The zero-order chi connectivity index (χ0) is 13.2. The summed E-state index contributed by atoms with van der Waals surface area (Å²) in [6, 6.07) is 10.5. The van der Waals surface area contributed by atoms with Gasteiger partial charge >= 0.3 is 0 Å². The maximum Gasteiger partial charge on any atom is 0.115 e. The van der Waals surface area contributed by atoms with E-state index in [1.807, 2.05) is 36.7 Å². The van der Waals surface area contributed by atoms with Crippen LogP contribution in [0.4, 0.5) is 0 Å². The first-order chi connectivity index (χ1) is 9.24. The van der Waals surface area contributed by atoms with E-state index in [1.54, 1.807) is 6.07 Å². The van der Waals surface area contributed by atoms with Gasteiger partial charge in [-0.05, 0) is 60.7 Å². The average Bonchev–Trinajstić information content (AvgIpc) is 2.82. The highest BCUT2D eigenvalue weighted by atomic mass is 16.3. The molecule has 0 aliphatic heterocycles. The fourth-order valence-corrected chi connectivity index (χ4v) is 2.83. The first-order valence-electron chi connectivity index (χ1n) is 6.72. The van der Waals surface area contributed by atoms with Gasteiger partial charge in [0.15, 0.2) is 0 Å². The second-order valence-electron chi connectivity index (χ2n) is 5.14. The number of rotatable bonds is 3. The van der Waals surface area contributed by atoms with Crippen molar-refractivity contribution >= 4 is 0 Å². The molecular formula is C16H18N2O. The molecule has 1 aromatic heterocycles. The Bertz CT molecular complexity index is 568. The maximum atomic E-state index is 9.52. The lowest BCUT2D eigenvalue weighted by Crippen LogP contribution is -2.22. The highest BCUT2D eigenvalue weighted by Crippen LogP contribution is 2.34. The largest absolute Gasteiger partial charge is 0.508 e. The second-order valence-corrected chi connectivity index (χ2v) is 5.14. The molecule has 0 amide bonds. The fourth-order valence-electron chi connectivity index (χ4n) is 2.83. The summed E-state index contributed by atoms with van der Waals surface area (Å²) in [6.45, 7) is 2.17. The van der Waals surface area contributed by atoms with E-state index in [0.717, 1.165) is 12.8 Å². The lowest BCUT2D eigenvalue weighted by molar-refractivity contribution is 0.464. The summed E-state index contributed by atoms with van der Waals surface area (Å²) in [5, 5.41) is 13.2. The molecule has 1 unspecified atom stereocenters. The first kappa shape index (κ1) is 12.2. The minimum absolute atomic E-state index is 0.299. The van der Waals surface area contributed by atoms with Crippen LogP contribution in [0.1, 0.15) is 42.1 Å². The van der Waals surface area contributed by atoms with E-state index in [0.29, 0.717) is 17.8 Å². The Balaban J connectivity index is 1.76. The van der Waals surface area contributed by atoms with Crippen LogP contribution >= 0.6 is 0 Å². The SMILES string of the molecule is C[C@H](NC1CCc2cc(O)ccc21)c1ccncc1. The Labute approximate surface area is 113 Å². The van der Waals surface area contributed by atoms with E-state index in [-0.39, 0.29) is 0 Å². The van der Waals surface area contributed by atoms with Crippen LogP contribution in [0, 0.1) is 0 Å². The molecule has 0 spiro atoms. The van der Waals surface area contributed by atoms with Gasteiger partial charge in [-0.1, -0.05) is 6.07 Å². The molecule has 0 saturated heterocycles. The Kier molecular flexibility index (Phi) is 3.22. The summed E-state index contributed by atoms with van der Waals surface area (Å²) < 4.78 is 0. The molecule has 3 nitrogen and oxygen atoms in total. The predicted molar refractivity (Wildman–Crippen MR) is 75.0 cm³/mol. The van der Waals surface area contributed by atoms with Gasteiger partial charge < -0.3 is 10.4 Å². The summed E-state index contributed by atoms with van der Waals surface area (Å²) in [4.78, 5) is 4.05. The van der Waals surface area contributed by atoms with Crippen molar-refractivity contribution in [2.24, 2.45) is 0 Å². The number of aromatic nitrogens is 1. The molecule has 3 heteroatoms. The third-order valence-corrected chi connectivity index (χ3v) is 3.86. The molecule has 3 rings (SSSR count). The van der Waals surface area contributed by atoms with Gasteiger partial charge in [0.1, 0.15) is 5.75 Å². The number of aryl methyl sites for hydroxylation is 1. The normalized spacial score (nSPS) is 19.1. The number of nitrogens with zero attached hydrogens (tertiary/aromatic N) is 1. The third kappa shape index (κ3) is 2.47. The Morgan fingerprint density at radius 3 is 2.84 bits per heavy atom. The minimum atomic E-state index is 0.299. The van der Waals surface area contributed by atoms with Gasteiger partial charge in [-0.2, -0.15) is 0 Å². The van der Waals surface area contributed by atoms with Gasteiger partial charge in [-0.15, -0.1) is 0 Å². The van der Waals surface area contributed by atoms with E-state index >= 15 is 0 Å². The molecule has 0 fully saturated rings. The third-order valence-electron chi connectivity index (χ3n) is 3.86. The first-order valence-corrected chi connectivity index (χ1v) is 6.72. The molecule has 0 saturated carbocycles. The van der Waals surface area contributed by atoms with Crippen LogP contribution in [-0.4, -0.2) is 10.1 Å². The van der Waals surface area contributed by atoms with Crippen molar-refractivity contribution < 1.29 is 5.11 Å². The van der Waals surface area contributed by atoms with Crippen LogP contribution in [-0.2, 0) is 6.42 Å². The molecule has 1 aliphatic carbocycles. The Hall–Kier alpha value is -1.87. The molecule has 2 atom stereocenters. The number of nitrogens with one attached hydrogen (secondary N) is 1. The molecule has 1 aliphatic rings. The van der Waals surface area contributed by atoms with Crippen molar-refractivity contribution in [1.82, 2.24) is 10.3 Å². The molecule has 1 heterocycles. The molecule has 0 bridgehead atoms. The number of benzene rings is 1. The summed E-state index contributed by atoms with van der Waals surface area (Å²) >= 11 is 0. The van der Waals surface area contributed by atoms with Crippen LogP contribution < -0.4 is 5.32 Å². The number of aromatic hydroxyl groups is 1. The Morgan fingerprint density at radius 1 is 1.26 bits per heavy atom. The second kappa shape index (κ2) is 5.02. The number of pyridine rings is 1. The smallest absolute Gasteiger partial charge is 0.115 e. The van der Waals surface area contributed by atoms with Gasteiger partial charge in [0, 0.05) is 24.5 Å². The lowest BCUT2D eigenvalue weighted by atomic mass is 10.0. The molecular weight excluding hydrogens is 236 g/mol. The van der Waals surface area contributed by atoms with Gasteiger partial charge in [-0.25, -0.2) is 0 Å². The van der Waals surface area contributed by atoms with Crippen molar-refractivity contribution in [3.8, 4) is 5.75 Å². The average molecular weight is 254 g/mol. The van der Waals surface area contributed by atoms with E-state index in [1.165, 1.54) is 16.7 Å². The quantitative estimate of drug-likeness (QED) is 0.884. The summed E-state index contributed by atoms with van der Waals surface area (Å²) in [7, 11) is 0. The highest BCUT2D eigenvalue weighted by Gasteiger charge is 2.24. The zero-order valence-electron chi connectivity index (χ0n) is 11.0. The summed E-state index contributed by atoms with van der Waals surface area (Å²) in [6.07, 6.45) is 5.78. The fraction of sp³-hybridized carbons (Fsp3) is 0.312. The van der Waals surface area contributed by atoms with Crippen LogP contribution in [0.5, 0.6) is 5.75 Å². The molecule has 19 heavy (non-hydrogen) atoms. The molecule has 0 radical (unpaired) electrons. The van der Waals surface area contributed by atoms with Crippen LogP contribution in [0.25, 0.3) is 0 Å². The molecule has 2 N–H and O–H groups in total. The molecule has 1 aromatic carbocycles. The highest BCUT2D eigenvalue weighted by molar-refractivity contribution is 5.40. The summed E-state index contributed by atoms with van der Waals surface area (Å²) in [5.41, 5.74) is 3.83. The minimum Gasteiger partial charge on any atom is -0.508 e. The molecule has 2 aromatic rings. The lowest BCUT2D eigenvalue weighted by Gasteiger charge is -2.20. The topological polar surface area (TPSA) is 45.1 Å². The predicted octanol–water partition coefficient (Wildman–Crippen LogP) is 3.13. The van der Waals surface area contributed by atoms with Crippen molar-refractivity contribution in [2.75, 3.05) is 0 Å². The number of fused-ring (bicyclic) bond motifs is 1. The van der Waals surface area contributed by atoms with Crippen LogP contribution in [0.15, 0.2) is 42.7 Å². The van der Waals surface area contributed by atoms with E-state index < -0.39 is 0 Å². The van der Waals surface area contributed by atoms with E-state index in [9.17, 15) is 5.11 Å². The van der Waals surface area contributed by atoms with Crippen molar-refractivity contribution in [2.45, 2.75) is 31.8 Å². The number of phenolic OH excluding ortho intramolecular Hbond substituents is 1. The van der Waals surface area contributed by atoms with Gasteiger partial charge in [-0.3, -0.25) is 4.98 Å². The number of hydrogen-bond acceptors (Lipinski definition) is 3. The zero-order valence-corrected chi connectivity index (χ0v) is 11.0. The van der Waals surface area contributed by atoms with Crippen LogP contribution in [0.3, 0.4) is 0 Å². The van der Waals surface area contributed by atoms with Gasteiger partial charge in [0.25, 0.3) is 0 Å². The monoisotopic (exact) mass is 254 g/mol. The van der Waals surface area contributed by atoms with Gasteiger partial charge in [0.2, 0.25) is 0 Å². The number of hydrogen-bond donors (Lipinski definition) is 2. The number of phenols is 1. The van der Waals surface area contributed by atoms with E-state index in [2.05, 4.69) is 17.2 Å². The van der Waals surface area contributed by atoms with E-state index in [4.69, 9.17) is 0 Å². The Morgan fingerprint density at radius 2 is 2.05 bits per heavy atom.